The SMILES string of the molecule is CC1SCCN(C(=O)c2cc(O)cc(O)c2)C1C. The Morgan fingerprint density at radius 3 is 2.50 bits per heavy atom. The molecule has 4 nitrogen and oxygen atoms in total. The van der Waals surface area contributed by atoms with E-state index >= 15 is 0 Å². The molecule has 2 N–H and O–H groups in total. The Morgan fingerprint density at radius 2 is 1.89 bits per heavy atom. The van der Waals surface area contributed by atoms with Gasteiger partial charge in [0.15, 0.2) is 0 Å². The smallest absolute Gasteiger partial charge is 0.254 e. The molecule has 0 aromatic heterocycles. The van der Waals surface area contributed by atoms with Crippen molar-refractivity contribution in [3.8, 4) is 11.5 Å². The number of nitrogens with zero attached hydrogens (tertiary/aromatic N) is 1. The summed E-state index contributed by atoms with van der Waals surface area (Å²) in [5.74, 6) is 0.596. The van der Waals surface area contributed by atoms with Gasteiger partial charge in [-0.05, 0) is 19.1 Å². The fourth-order valence-electron chi connectivity index (χ4n) is 2.10. The Balaban J connectivity index is 2.24. The second kappa shape index (κ2) is 5.10. The number of rotatable bonds is 1. The Kier molecular flexibility index (Phi) is 3.71. The van der Waals surface area contributed by atoms with Crippen molar-refractivity contribution < 1.29 is 15.0 Å². The molecule has 2 rings (SSSR count). The number of thioether (sulfide) groups is 1. The van der Waals surface area contributed by atoms with E-state index < -0.39 is 0 Å². The van der Waals surface area contributed by atoms with E-state index in [1.807, 2.05) is 18.7 Å². The number of carbonyl (C=O) groups is 1. The van der Waals surface area contributed by atoms with Gasteiger partial charge < -0.3 is 15.1 Å². The van der Waals surface area contributed by atoms with Gasteiger partial charge in [-0.15, -0.1) is 0 Å². The van der Waals surface area contributed by atoms with Crippen molar-refractivity contribution >= 4 is 17.7 Å². The van der Waals surface area contributed by atoms with Crippen LogP contribution in [0.5, 0.6) is 11.5 Å². The molecule has 1 aromatic rings. The van der Waals surface area contributed by atoms with Crippen molar-refractivity contribution in [2.45, 2.75) is 25.1 Å². The van der Waals surface area contributed by atoms with Crippen LogP contribution in [0.1, 0.15) is 24.2 Å². The standard InChI is InChI=1S/C13H17NO3S/c1-8-9(2)18-4-3-14(8)13(17)10-5-11(15)7-12(16)6-10/h5-9,15-16H,3-4H2,1-2H3. The van der Waals surface area contributed by atoms with Gasteiger partial charge in [0.05, 0.1) is 0 Å². The molecule has 1 amide bonds. The fourth-order valence-corrected chi connectivity index (χ4v) is 3.20. The van der Waals surface area contributed by atoms with Gasteiger partial charge in [-0.25, -0.2) is 0 Å². The fraction of sp³-hybridized carbons (Fsp3) is 0.462. The molecular weight excluding hydrogens is 250 g/mol. The van der Waals surface area contributed by atoms with Gasteiger partial charge >= 0.3 is 0 Å². The first kappa shape index (κ1) is 13.1. The molecule has 2 atom stereocenters. The second-order valence-electron chi connectivity index (χ2n) is 4.55. The maximum atomic E-state index is 12.4. The van der Waals surface area contributed by atoms with E-state index in [9.17, 15) is 15.0 Å². The Bertz CT molecular complexity index is 443. The lowest BCUT2D eigenvalue weighted by atomic mass is 10.1. The zero-order chi connectivity index (χ0) is 13.3. The number of aromatic hydroxyl groups is 2. The van der Waals surface area contributed by atoms with E-state index in [0.717, 1.165) is 5.75 Å². The summed E-state index contributed by atoms with van der Waals surface area (Å²) in [7, 11) is 0. The van der Waals surface area contributed by atoms with E-state index in [1.54, 1.807) is 4.90 Å². The number of phenols is 2. The molecule has 1 aromatic carbocycles. The molecule has 0 bridgehead atoms. The molecule has 2 unspecified atom stereocenters. The molecule has 1 aliphatic heterocycles. The van der Waals surface area contributed by atoms with Crippen LogP contribution < -0.4 is 0 Å². The highest BCUT2D eigenvalue weighted by molar-refractivity contribution is 8.00. The molecule has 0 spiro atoms. The van der Waals surface area contributed by atoms with E-state index in [2.05, 4.69) is 6.92 Å². The average molecular weight is 267 g/mol. The minimum Gasteiger partial charge on any atom is -0.508 e. The van der Waals surface area contributed by atoms with Crippen molar-refractivity contribution in [2.24, 2.45) is 0 Å². The lowest BCUT2D eigenvalue weighted by Crippen LogP contribution is -2.47. The van der Waals surface area contributed by atoms with Crippen LogP contribution in [0.3, 0.4) is 0 Å². The number of benzene rings is 1. The van der Waals surface area contributed by atoms with Gasteiger partial charge in [-0.1, -0.05) is 6.92 Å². The van der Waals surface area contributed by atoms with Gasteiger partial charge in [0.1, 0.15) is 11.5 Å². The molecule has 98 valence electrons. The predicted octanol–water partition coefficient (Wildman–Crippen LogP) is 2.06. The first-order chi connectivity index (χ1) is 8.49. The van der Waals surface area contributed by atoms with Crippen molar-refractivity contribution in [1.82, 2.24) is 4.90 Å². The first-order valence-electron chi connectivity index (χ1n) is 5.94. The zero-order valence-corrected chi connectivity index (χ0v) is 11.3. The molecule has 0 aliphatic carbocycles. The van der Waals surface area contributed by atoms with Gasteiger partial charge in [-0.2, -0.15) is 11.8 Å². The summed E-state index contributed by atoms with van der Waals surface area (Å²) >= 11 is 1.86. The predicted molar refractivity (Wildman–Crippen MR) is 72.2 cm³/mol. The van der Waals surface area contributed by atoms with Crippen molar-refractivity contribution in [3.63, 3.8) is 0 Å². The summed E-state index contributed by atoms with van der Waals surface area (Å²) in [4.78, 5) is 14.2. The van der Waals surface area contributed by atoms with Gasteiger partial charge in [0.25, 0.3) is 5.91 Å². The molecule has 5 heteroatoms. The van der Waals surface area contributed by atoms with Crippen LogP contribution in [0.2, 0.25) is 0 Å². The van der Waals surface area contributed by atoms with Gasteiger partial charge in [0, 0.05) is 35.2 Å². The van der Waals surface area contributed by atoms with E-state index in [4.69, 9.17) is 0 Å². The monoisotopic (exact) mass is 267 g/mol. The third kappa shape index (κ3) is 2.56. The quantitative estimate of drug-likeness (QED) is 0.817. The molecule has 1 saturated heterocycles. The van der Waals surface area contributed by atoms with Gasteiger partial charge in [-0.3, -0.25) is 4.79 Å². The van der Waals surface area contributed by atoms with Crippen LogP contribution in [-0.2, 0) is 0 Å². The summed E-state index contributed by atoms with van der Waals surface area (Å²) in [6, 6.07) is 4.15. The maximum Gasteiger partial charge on any atom is 0.254 e. The number of amides is 1. The van der Waals surface area contributed by atoms with Crippen molar-refractivity contribution in [3.05, 3.63) is 23.8 Å². The van der Waals surface area contributed by atoms with Crippen LogP contribution in [0, 0.1) is 0 Å². The third-order valence-electron chi connectivity index (χ3n) is 3.29. The average Bonchev–Trinajstić information content (AvgIpc) is 2.30. The highest BCUT2D eigenvalue weighted by atomic mass is 32.2. The third-order valence-corrected chi connectivity index (χ3v) is 4.63. The largest absolute Gasteiger partial charge is 0.508 e. The highest BCUT2D eigenvalue weighted by Crippen LogP contribution is 2.27. The van der Waals surface area contributed by atoms with Crippen LogP contribution in [0.15, 0.2) is 18.2 Å². The number of hydrogen-bond donors (Lipinski definition) is 2. The number of hydrogen-bond acceptors (Lipinski definition) is 4. The molecule has 1 fully saturated rings. The summed E-state index contributed by atoms with van der Waals surface area (Å²) in [5, 5.41) is 19.2. The summed E-state index contributed by atoms with van der Waals surface area (Å²) < 4.78 is 0. The minimum absolute atomic E-state index is 0.0922. The lowest BCUT2D eigenvalue weighted by molar-refractivity contribution is 0.0697. The first-order valence-corrected chi connectivity index (χ1v) is 6.99. The van der Waals surface area contributed by atoms with E-state index in [0.29, 0.717) is 17.4 Å². The van der Waals surface area contributed by atoms with Crippen LogP contribution in [0.25, 0.3) is 0 Å². The second-order valence-corrected chi connectivity index (χ2v) is 6.04. The molecule has 1 aliphatic rings. The lowest BCUT2D eigenvalue weighted by Gasteiger charge is -2.37. The van der Waals surface area contributed by atoms with E-state index in [-0.39, 0.29) is 23.4 Å². The molecule has 1 heterocycles. The van der Waals surface area contributed by atoms with Crippen LogP contribution in [0.4, 0.5) is 0 Å². The normalized spacial score (nSPS) is 24.0. The van der Waals surface area contributed by atoms with Gasteiger partial charge in [0.2, 0.25) is 0 Å². The molecular formula is C13H17NO3S. The molecule has 0 radical (unpaired) electrons. The van der Waals surface area contributed by atoms with Crippen LogP contribution in [-0.4, -0.2) is 44.6 Å². The van der Waals surface area contributed by atoms with Crippen molar-refractivity contribution in [2.75, 3.05) is 12.3 Å². The summed E-state index contributed by atoms with van der Waals surface area (Å²) in [6.45, 7) is 4.83. The molecule has 18 heavy (non-hydrogen) atoms. The summed E-state index contributed by atoms with van der Waals surface area (Å²) in [6.07, 6.45) is 0. The maximum absolute atomic E-state index is 12.4. The highest BCUT2D eigenvalue weighted by Gasteiger charge is 2.29. The zero-order valence-electron chi connectivity index (χ0n) is 10.5. The van der Waals surface area contributed by atoms with E-state index in [1.165, 1.54) is 18.2 Å². The topological polar surface area (TPSA) is 60.8 Å². The summed E-state index contributed by atoms with van der Waals surface area (Å²) in [5.41, 5.74) is 0.332. The Hall–Kier alpha value is -1.36. The molecule has 0 saturated carbocycles. The Labute approximate surface area is 111 Å². The van der Waals surface area contributed by atoms with Crippen molar-refractivity contribution in [1.29, 1.82) is 0 Å². The minimum atomic E-state index is -0.138. The number of phenolic OH excluding ortho intramolecular Hbond substituents is 2. The van der Waals surface area contributed by atoms with Crippen LogP contribution >= 0.6 is 11.8 Å². The number of carbonyl (C=O) groups excluding carboxylic acids is 1. The Morgan fingerprint density at radius 1 is 1.28 bits per heavy atom.